The molecule has 0 saturated heterocycles. The van der Waals surface area contributed by atoms with Crippen LogP contribution in [0.1, 0.15) is 58.0 Å². The molecule has 2 aromatic heterocycles. The van der Waals surface area contributed by atoms with Crippen molar-refractivity contribution in [1.82, 2.24) is 0 Å². The van der Waals surface area contributed by atoms with Crippen molar-refractivity contribution in [2.75, 3.05) is 5.75 Å². The summed E-state index contributed by atoms with van der Waals surface area (Å²) in [5, 5.41) is 0. The van der Waals surface area contributed by atoms with Crippen molar-refractivity contribution in [3.05, 3.63) is 43.8 Å². The van der Waals surface area contributed by atoms with Crippen LogP contribution < -0.4 is 0 Å². The summed E-state index contributed by atoms with van der Waals surface area (Å²) in [5.74, 6) is 1.84. The first-order valence-corrected chi connectivity index (χ1v) is 11.6. The lowest BCUT2D eigenvalue weighted by atomic mass is 10.1. The van der Waals surface area contributed by atoms with E-state index in [4.69, 9.17) is 0 Å². The van der Waals surface area contributed by atoms with Gasteiger partial charge in [-0.1, -0.05) is 25.7 Å². The molecule has 0 radical (unpaired) electrons. The molecule has 0 aliphatic rings. The third-order valence-electron chi connectivity index (χ3n) is 4.05. The number of thiol groups is 2. The zero-order valence-corrected chi connectivity index (χ0v) is 17.2. The van der Waals surface area contributed by atoms with Crippen molar-refractivity contribution in [2.24, 2.45) is 0 Å². The first kappa shape index (κ1) is 19.4. The van der Waals surface area contributed by atoms with Crippen LogP contribution in [0, 0.1) is 0 Å². The van der Waals surface area contributed by atoms with Gasteiger partial charge in [-0.2, -0.15) is 25.3 Å². The summed E-state index contributed by atoms with van der Waals surface area (Å²) in [4.78, 5) is 5.97. The second-order valence-corrected chi connectivity index (χ2v) is 9.26. The molecule has 0 aliphatic carbocycles. The third-order valence-corrected chi connectivity index (χ3v) is 7.17. The Morgan fingerprint density at radius 3 is 1.48 bits per heavy atom. The predicted molar refractivity (Wildman–Crippen MR) is 114 cm³/mol. The molecule has 0 atom stereocenters. The summed E-state index contributed by atoms with van der Waals surface area (Å²) in [5.41, 5.74) is 0. The molecule has 0 bridgehead atoms. The molecule has 2 heterocycles. The molecule has 4 heteroatoms. The quantitative estimate of drug-likeness (QED) is 0.290. The van der Waals surface area contributed by atoms with E-state index < -0.39 is 0 Å². The van der Waals surface area contributed by atoms with E-state index in [0.717, 1.165) is 17.9 Å². The molecule has 0 fully saturated rings. The molecule has 0 nitrogen and oxygen atoms in total. The Bertz CT molecular complexity index is 541. The first-order valence-electron chi connectivity index (χ1n) is 8.68. The van der Waals surface area contributed by atoms with Gasteiger partial charge in [-0.3, -0.25) is 0 Å². The van der Waals surface area contributed by atoms with Crippen LogP contribution in [0.4, 0.5) is 0 Å². The van der Waals surface area contributed by atoms with Gasteiger partial charge in [0.25, 0.3) is 0 Å². The van der Waals surface area contributed by atoms with Gasteiger partial charge >= 0.3 is 0 Å². The number of rotatable bonds is 12. The summed E-state index contributed by atoms with van der Waals surface area (Å²) < 4.78 is 0. The standard InChI is InChI=1S/C19H28S4/c20-14-13-18-10-9-16(22-18)7-5-3-1-2-4-6-8-17-11-12-19(15-21)23-17/h9-12,20-21H,1-8,13-15H2. The van der Waals surface area contributed by atoms with Crippen LogP contribution >= 0.6 is 47.9 Å². The Labute approximate surface area is 160 Å². The number of thiophene rings is 2. The largest absolute Gasteiger partial charge is 0.179 e. The monoisotopic (exact) mass is 384 g/mol. The minimum atomic E-state index is 0.880. The molecule has 0 unspecified atom stereocenters. The zero-order valence-electron chi connectivity index (χ0n) is 13.8. The van der Waals surface area contributed by atoms with Crippen LogP contribution in [0.25, 0.3) is 0 Å². The maximum Gasteiger partial charge on any atom is 0.0248 e. The summed E-state index contributed by atoms with van der Waals surface area (Å²) >= 11 is 12.5. The van der Waals surface area contributed by atoms with Crippen molar-refractivity contribution in [3.63, 3.8) is 0 Å². The molecule has 2 rings (SSSR count). The highest BCUT2D eigenvalue weighted by Gasteiger charge is 2.01. The van der Waals surface area contributed by atoms with Crippen LogP contribution in [0.15, 0.2) is 24.3 Å². The molecular formula is C19H28S4. The maximum absolute atomic E-state index is 4.33. The van der Waals surface area contributed by atoms with Crippen molar-refractivity contribution < 1.29 is 0 Å². The second kappa shape index (κ2) is 11.6. The van der Waals surface area contributed by atoms with Gasteiger partial charge in [0.2, 0.25) is 0 Å². The van der Waals surface area contributed by atoms with Gasteiger partial charge in [0, 0.05) is 25.3 Å². The summed E-state index contributed by atoms with van der Waals surface area (Å²) in [7, 11) is 0. The van der Waals surface area contributed by atoms with Gasteiger partial charge < -0.3 is 0 Å². The lowest BCUT2D eigenvalue weighted by Gasteiger charge is -2.01. The molecule has 0 amide bonds. The smallest absolute Gasteiger partial charge is 0.0248 e. The van der Waals surface area contributed by atoms with E-state index in [1.807, 2.05) is 22.7 Å². The molecular weight excluding hydrogens is 356 g/mol. The van der Waals surface area contributed by atoms with Gasteiger partial charge in [0.1, 0.15) is 0 Å². The topological polar surface area (TPSA) is 0 Å². The molecule has 128 valence electrons. The van der Waals surface area contributed by atoms with Crippen molar-refractivity contribution in [3.8, 4) is 0 Å². The fourth-order valence-electron chi connectivity index (χ4n) is 2.75. The number of unbranched alkanes of at least 4 members (excludes halogenated alkanes) is 5. The molecule has 2 aromatic rings. The van der Waals surface area contributed by atoms with E-state index in [1.165, 1.54) is 66.0 Å². The van der Waals surface area contributed by atoms with E-state index >= 15 is 0 Å². The maximum atomic E-state index is 4.33. The predicted octanol–water partition coefficient (Wildman–Crippen LogP) is 6.84. The normalized spacial score (nSPS) is 11.2. The fourth-order valence-corrected chi connectivity index (χ4v) is 5.42. The Kier molecular flexibility index (Phi) is 9.81. The van der Waals surface area contributed by atoms with E-state index in [-0.39, 0.29) is 0 Å². The van der Waals surface area contributed by atoms with Gasteiger partial charge in [-0.25, -0.2) is 0 Å². The molecule has 0 aliphatic heterocycles. The van der Waals surface area contributed by atoms with Crippen LogP contribution in [0.5, 0.6) is 0 Å². The summed E-state index contributed by atoms with van der Waals surface area (Å²) in [6, 6.07) is 9.09. The number of hydrogen-bond acceptors (Lipinski definition) is 4. The summed E-state index contributed by atoms with van der Waals surface area (Å²) in [6.45, 7) is 0. The van der Waals surface area contributed by atoms with Crippen molar-refractivity contribution in [2.45, 2.75) is 63.5 Å². The van der Waals surface area contributed by atoms with E-state index in [2.05, 4.69) is 49.5 Å². The Hall–Kier alpha value is 0.1000. The highest BCUT2D eigenvalue weighted by molar-refractivity contribution is 7.80. The SMILES string of the molecule is SCCc1ccc(CCCCCCCCc2ccc(CS)s2)s1. The van der Waals surface area contributed by atoms with Crippen LogP contribution in [0.3, 0.4) is 0 Å². The minimum Gasteiger partial charge on any atom is -0.179 e. The first-order chi connectivity index (χ1) is 11.3. The van der Waals surface area contributed by atoms with Gasteiger partial charge in [0.15, 0.2) is 0 Å². The molecule has 0 N–H and O–H groups in total. The van der Waals surface area contributed by atoms with Gasteiger partial charge in [0.05, 0.1) is 0 Å². The lowest BCUT2D eigenvalue weighted by Crippen LogP contribution is -1.85. The third kappa shape index (κ3) is 7.68. The second-order valence-electron chi connectivity index (χ2n) is 5.99. The van der Waals surface area contributed by atoms with E-state index in [9.17, 15) is 0 Å². The minimum absolute atomic E-state index is 0.880. The molecule has 0 aromatic carbocycles. The number of aryl methyl sites for hydroxylation is 3. The van der Waals surface area contributed by atoms with Crippen LogP contribution in [-0.2, 0) is 25.0 Å². The molecule has 0 saturated carbocycles. The van der Waals surface area contributed by atoms with Crippen molar-refractivity contribution in [1.29, 1.82) is 0 Å². The van der Waals surface area contributed by atoms with E-state index in [0.29, 0.717) is 0 Å². The van der Waals surface area contributed by atoms with Crippen molar-refractivity contribution >= 4 is 47.9 Å². The Morgan fingerprint density at radius 1 is 0.565 bits per heavy atom. The number of hydrogen-bond donors (Lipinski definition) is 2. The van der Waals surface area contributed by atoms with Crippen LogP contribution in [0.2, 0.25) is 0 Å². The molecule has 0 spiro atoms. The average molecular weight is 385 g/mol. The Balaban J connectivity index is 1.46. The fraction of sp³-hybridized carbons (Fsp3) is 0.579. The Morgan fingerprint density at radius 2 is 1.00 bits per heavy atom. The van der Waals surface area contributed by atoms with E-state index in [1.54, 1.807) is 4.88 Å². The summed E-state index contributed by atoms with van der Waals surface area (Å²) in [6.07, 6.45) is 11.8. The zero-order chi connectivity index (χ0) is 16.3. The van der Waals surface area contributed by atoms with Crippen LogP contribution in [-0.4, -0.2) is 5.75 Å². The highest BCUT2D eigenvalue weighted by Crippen LogP contribution is 2.22. The molecule has 23 heavy (non-hydrogen) atoms. The van der Waals surface area contributed by atoms with Gasteiger partial charge in [-0.05, 0) is 62.1 Å². The average Bonchev–Trinajstić information content (AvgIpc) is 3.19. The van der Waals surface area contributed by atoms with Gasteiger partial charge in [-0.15, -0.1) is 22.7 Å². The lowest BCUT2D eigenvalue weighted by molar-refractivity contribution is 0.596. The highest BCUT2D eigenvalue weighted by atomic mass is 32.1.